The molecule has 0 amide bonds. The van der Waals surface area contributed by atoms with Crippen LogP contribution in [0.3, 0.4) is 0 Å². The van der Waals surface area contributed by atoms with E-state index >= 15 is 0 Å². The Bertz CT molecular complexity index is 718. The van der Waals surface area contributed by atoms with Gasteiger partial charge in [-0.1, -0.05) is 6.07 Å². The number of ether oxygens (including phenoxy) is 5. The van der Waals surface area contributed by atoms with Crippen molar-refractivity contribution in [3.8, 4) is 28.7 Å². The third kappa shape index (κ3) is 4.35. The Balaban J connectivity index is 2.19. The van der Waals surface area contributed by atoms with Crippen molar-refractivity contribution in [3.05, 3.63) is 41.5 Å². The third-order valence-electron chi connectivity index (χ3n) is 3.65. The number of hydrogen-bond acceptors (Lipinski definition) is 6. The van der Waals surface area contributed by atoms with Gasteiger partial charge >= 0.3 is 0 Å². The van der Waals surface area contributed by atoms with Gasteiger partial charge in [0.2, 0.25) is 5.75 Å². The van der Waals surface area contributed by atoms with Crippen molar-refractivity contribution in [2.75, 3.05) is 35.5 Å². The van der Waals surface area contributed by atoms with Crippen LogP contribution in [0.1, 0.15) is 11.1 Å². The van der Waals surface area contributed by atoms with Crippen LogP contribution in [0.4, 0.5) is 0 Å². The van der Waals surface area contributed by atoms with E-state index in [1.165, 1.54) is 0 Å². The highest BCUT2D eigenvalue weighted by Gasteiger charge is 2.12. The molecule has 0 unspecified atom stereocenters. The van der Waals surface area contributed by atoms with Crippen LogP contribution in [-0.2, 0) is 6.54 Å². The third-order valence-corrected chi connectivity index (χ3v) is 3.65. The molecule has 2 aromatic carbocycles. The first-order valence-electron chi connectivity index (χ1n) is 7.67. The maximum absolute atomic E-state index is 5.34. The van der Waals surface area contributed by atoms with Gasteiger partial charge in [0, 0.05) is 6.21 Å². The Kier molecular flexibility index (Phi) is 6.51. The second-order valence-corrected chi connectivity index (χ2v) is 5.12. The van der Waals surface area contributed by atoms with Crippen molar-refractivity contribution in [2.24, 2.45) is 4.99 Å². The molecule has 0 saturated carbocycles. The molecule has 25 heavy (non-hydrogen) atoms. The van der Waals surface area contributed by atoms with E-state index in [1.54, 1.807) is 41.8 Å². The van der Waals surface area contributed by atoms with E-state index in [-0.39, 0.29) is 0 Å². The molecule has 0 aliphatic rings. The summed E-state index contributed by atoms with van der Waals surface area (Å²) in [6, 6.07) is 9.42. The van der Waals surface area contributed by atoms with Gasteiger partial charge < -0.3 is 23.7 Å². The van der Waals surface area contributed by atoms with Crippen LogP contribution in [0, 0.1) is 0 Å². The number of benzene rings is 2. The van der Waals surface area contributed by atoms with Crippen molar-refractivity contribution in [3.63, 3.8) is 0 Å². The zero-order valence-electron chi connectivity index (χ0n) is 15.2. The van der Waals surface area contributed by atoms with Crippen molar-refractivity contribution in [1.29, 1.82) is 0 Å². The van der Waals surface area contributed by atoms with Gasteiger partial charge in [-0.05, 0) is 35.4 Å². The number of rotatable bonds is 8. The minimum absolute atomic E-state index is 0.511. The summed E-state index contributed by atoms with van der Waals surface area (Å²) in [7, 11) is 7.97. The summed E-state index contributed by atoms with van der Waals surface area (Å²) in [5.74, 6) is 3.12. The normalized spacial score (nSPS) is 10.6. The van der Waals surface area contributed by atoms with Crippen LogP contribution >= 0.6 is 0 Å². The lowest BCUT2D eigenvalue weighted by atomic mass is 10.2. The summed E-state index contributed by atoms with van der Waals surface area (Å²) < 4.78 is 26.5. The lowest BCUT2D eigenvalue weighted by molar-refractivity contribution is 0.324. The number of methoxy groups -OCH3 is 5. The number of hydrogen-bond donors (Lipinski definition) is 0. The van der Waals surface area contributed by atoms with Gasteiger partial charge in [-0.25, -0.2) is 0 Å². The molecule has 0 aliphatic heterocycles. The fourth-order valence-corrected chi connectivity index (χ4v) is 2.41. The molecule has 0 N–H and O–H groups in total. The topological polar surface area (TPSA) is 58.5 Å². The molecule has 0 aromatic heterocycles. The van der Waals surface area contributed by atoms with Gasteiger partial charge in [-0.15, -0.1) is 0 Å². The molecule has 6 nitrogen and oxygen atoms in total. The molecule has 2 aromatic rings. The van der Waals surface area contributed by atoms with Crippen molar-refractivity contribution >= 4 is 6.21 Å². The maximum Gasteiger partial charge on any atom is 0.203 e. The molecule has 0 heterocycles. The Hall–Kier alpha value is -2.89. The monoisotopic (exact) mass is 345 g/mol. The van der Waals surface area contributed by atoms with Gasteiger partial charge in [-0.3, -0.25) is 4.99 Å². The molecule has 0 bridgehead atoms. The largest absolute Gasteiger partial charge is 0.493 e. The van der Waals surface area contributed by atoms with E-state index < -0.39 is 0 Å². The van der Waals surface area contributed by atoms with E-state index in [0.29, 0.717) is 35.3 Å². The zero-order chi connectivity index (χ0) is 18.2. The first-order chi connectivity index (χ1) is 12.2. The second kappa shape index (κ2) is 8.82. The summed E-state index contributed by atoms with van der Waals surface area (Å²) in [5, 5.41) is 0. The fourth-order valence-electron chi connectivity index (χ4n) is 2.41. The number of aliphatic imine (C=N–C) groups is 1. The van der Waals surface area contributed by atoms with Crippen LogP contribution in [0.25, 0.3) is 0 Å². The summed E-state index contributed by atoms with van der Waals surface area (Å²) in [4.78, 5) is 4.48. The Labute approximate surface area is 148 Å². The second-order valence-electron chi connectivity index (χ2n) is 5.12. The van der Waals surface area contributed by atoms with E-state index in [4.69, 9.17) is 23.7 Å². The predicted octanol–water partition coefficient (Wildman–Crippen LogP) is 3.35. The Morgan fingerprint density at radius 3 is 1.84 bits per heavy atom. The van der Waals surface area contributed by atoms with Crippen LogP contribution in [-0.4, -0.2) is 41.8 Å². The molecule has 6 heteroatoms. The molecule has 2 rings (SSSR count). The quantitative estimate of drug-likeness (QED) is 0.687. The van der Waals surface area contributed by atoms with Crippen molar-refractivity contribution in [1.82, 2.24) is 0 Å². The lowest BCUT2D eigenvalue weighted by Gasteiger charge is -2.12. The van der Waals surface area contributed by atoms with Crippen LogP contribution in [0.15, 0.2) is 35.3 Å². The smallest absolute Gasteiger partial charge is 0.203 e. The van der Waals surface area contributed by atoms with E-state index in [2.05, 4.69) is 4.99 Å². The van der Waals surface area contributed by atoms with E-state index in [1.807, 2.05) is 30.3 Å². The van der Waals surface area contributed by atoms with Crippen LogP contribution < -0.4 is 23.7 Å². The highest BCUT2D eigenvalue weighted by atomic mass is 16.5. The lowest BCUT2D eigenvalue weighted by Crippen LogP contribution is -1.97. The first kappa shape index (κ1) is 18.4. The van der Waals surface area contributed by atoms with Gasteiger partial charge in [0.25, 0.3) is 0 Å². The summed E-state index contributed by atoms with van der Waals surface area (Å²) in [6.07, 6.45) is 1.77. The maximum atomic E-state index is 5.34. The predicted molar refractivity (Wildman–Crippen MR) is 96.9 cm³/mol. The number of nitrogens with zero attached hydrogens (tertiary/aromatic N) is 1. The van der Waals surface area contributed by atoms with Gasteiger partial charge in [0.1, 0.15) is 0 Å². The SMILES string of the molecule is COc1ccc(CN=Cc2cc(OC)c(OC)c(OC)c2)cc1OC. The Morgan fingerprint density at radius 1 is 0.720 bits per heavy atom. The average Bonchev–Trinajstić information content (AvgIpc) is 2.66. The van der Waals surface area contributed by atoms with Crippen LogP contribution in [0.5, 0.6) is 28.7 Å². The zero-order valence-corrected chi connectivity index (χ0v) is 15.2. The molecule has 0 aliphatic carbocycles. The van der Waals surface area contributed by atoms with E-state index in [9.17, 15) is 0 Å². The molecule has 134 valence electrons. The summed E-state index contributed by atoms with van der Waals surface area (Å²) in [6.45, 7) is 0.511. The molecule has 0 fully saturated rings. The van der Waals surface area contributed by atoms with Crippen molar-refractivity contribution < 1.29 is 23.7 Å². The standard InChI is InChI=1S/C19H23NO5/c1-21-15-7-6-13(8-16(15)22-2)11-20-12-14-9-17(23-3)19(25-5)18(10-14)24-4/h6-10,12H,11H2,1-5H3. The van der Waals surface area contributed by atoms with E-state index in [0.717, 1.165) is 11.1 Å². The van der Waals surface area contributed by atoms with Gasteiger partial charge in [0.05, 0.1) is 42.1 Å². The van der Waals surface area contributed by atoms with Crippen molar-refractivity contribution in [2.45, 2.75) is 6.54 Å². The minimum atomic E-state index is 0.511. The Morgan fingerprint density at radius 2 is 1.32 bits per heavy atom. The average molecular weight is 345 g/mol. The molecular weight excluding hydrogens is 322 g/mol. The van der Waals surface area contributed by atoms with Gasteiger partial charge in [-0.2, -0.15) is 0 Å². The molecule has 0 spiro atoms. The minimum Gasteiger partial charge on any atom is -0.493 e. The molecule has 0 atom stereocenters. The molecule has 0 radical (unpaired) electrons. The summed E-state index contributed by atoms with van der Waals surface area (Å²) in [5.41, 5.74) is 1.87. The molecular formula is C19H23NO5. The first-order valence-corrected chi connectivity index (χ1v) is 7.67. The molecule has 0 saturated heterocycles. The van der Waals surface area contributed by atoms with Crippen LogP contribution in [0.2, 0.25) is 0 Å². The highest BCUT2D eigenvalue weighted by molar-refractivity contribution is 5.82. The highest BCUT2D eigenvalue weighted by Crippen LogP contribution is 2.37. The fraction of sp³-hybridized carbons (Fsp3) is 0.316. The summed E-state index contributed by atoms with van der Waals surface area (Å²) >= 11 is 0. The van der Waals surface area contributed by atoms with Gasteiger partial charge in [0.15, 0.2) is 23.0 Å².